The third kappa shape index (κ3) is 2.49. The molecule has 2 rings (SSSR count). The molecule has 0 radical (unpaired) electrons. The molecule has 0 atom stereocenters. The van der Waals surface area contributed by atoms with Crippen molar-refractivity contribution in [2.75, 3.05) is 0 Å². The quantitative estimate of drug-likeness (QED) is 0.792. The third-order valence-electron chi connectivity index (χ3n) is 2.61. The number of hydrogen-bond acceptors (Lipinski definition) is 3. The van der Waals surface area contributed by atoms with Crippen LogP contribution in [0.25, 0.3) is 0 Å². The number of hydrogen-bond donors (Lipinski definition) is 0. The summed E-state index contributed by atoms with van der Waals surface area (Å²) in [5.41, 5.74) is 0.803. The van der Waals surface area contributed by atoms with Crippen LogP contribution in [0.1, 0.15) is 5.56 Å². The minimum atomic E-state index is -3.46. The summed E-state index contributed by atoms with van der Waals surface area (Å²) in [5, 5.41) is 0. The van der Waals surface area contributed by atoms with Crippen molar-refractivity contribution in [3.63, 3.8) is 0 Å². The van der Waals surface area contributed by atoms with Crippen LogP contribution in [0.5, 0.6) is 0 Å². The Labute approximate surface area is 106 Å². The molecule has 0 unspecified atom stereocenters. The van der Waals surface area contributed by atoms with E-state index in [2.05, 4.69) is 0 Å². The molecule has 0 saturated heterocycles. The summed E-state index contributed by atoms with van der Waals surface area (Å²) in [6.07, 6.45) is 1.09. The molecular weight excluding hydrogens is 248 g/mol. The molecule has 0 aliphatic rings. The van der Waals surface area contributed by atoms with Crippen molar-refractivity contribution < 1.29 is 13.2 Å². The highest BCUT2D eigenvalue weighted by atomic mass is 32.2. The van der Waals surface area contributed by atoms with E-state index in [1.165, 1.54) is 12.1 Å². The first-order chi connectivity index (χ1) is 8.64. The number of carbonyl (C=O) groups excluding carboxylic acids is 1. The van der Waals surface area contributed by atoms with Crippen molar-refractivity contribution in [1.82, 2.24) is 0 Å². The fraction of sp³-hybridized carbons (Fsp3) is 0.0714. The fourth-order valence-corrected chi connectivity index (χ4v) is 2.92. The molecule has 0 aliphatic carbocycles. The van der Waals surface area contributed by atoms with Gasteiger partial charge in [0, 0.05) is 6.42 Å². The minimum Gasteiger partial charge on any atom is -0.303 e. The molecular formula is C14H12O3S. The Morgan fingerprint density at radius 1 is 0.833 bits per heavy atom. The topological polar surface area (TPSA) is 51.2 Å². The highest BCUT2D eigenvalue weighted by Crippen LogP contribution is 2.20. The van der Waals surface area contributed by atoms with E-state index in [1.807, 2.05) is 0 Å². The Bertz CT molecular complexity index is 628. The Hall–Kier alpha value is -1.94. The highest BCUT2D eigenvalue weighted by molar-refractivity contribution is 7.91. The molecule has 0 bridgehead atoms. The molecule has 18 heavy (non-hydrogen) atoms. The van der Waals surface area contributed by atoms with Gasteiger partial charge in [0.1, 0.15) is 6.29 Å². The molecule has 0 aliphatic heterocycles. The van der Waals surface area contributed by atoms with Gasteiger partial charge in [-0.2, -0.15) is 0 Å². The lowest BCUT2D eigenvalue weighted by Gasteiger charge is -2.04. The third-order valence-corrected chi connectivity index (χ3v) is 4.39. The first kappa shape index (κ1) is 12.5. The number of rotatable bonds is 4. The van der Waals surface area contributed by atoms with Crippen molar-refractivity contribution in [1.29, 1.82) is 0 Å². The lowest BCUT2D eigenvalue weighted by Crippen LogP contribution is -2.01. The second kappa shape index (κ2) is 5.14. The van der Waals surface area contributed by atoms with Crippen molar-refractivity contribution in [2.24, 2.45) is 0 Å². The average Bonchev–Trinajstić information content (AvgIpc) is 2.41. The van der Waals surface area contributed by atoms with Gasteiger partial charge < -0.3 is 4.79 Å². The van der Waals surface area contributed by atoms with E-state index in [9.17, 15) is 13.2 Å². The summed E-state index contributed by atoms with van der Waals surface area (Å²) < 4.78 is 24.5. The van der Waals surface area contributed by atoms with Crippen LogP contribution >= 0.6 is 0 Å². The lowest BCUT2D eigenvalue weighted by molar-refractivity contribution is -0.107. The number of aldehydes is 1. The zero-order chi connectivity index (χ0) is 13.0. The van der Waals surface area contributed by atoms with Gasteiger partial charge in [0.25, 0.3) is 0 Å². The molecule has 2 aromatic carbocycles. The summed E-state index contributed by atoms with van der Waals surface area (Å²) in [6.45, 7) is 0. The van der Waals surface area contributed by atoms with Gasteiger partial charge in [0.05, 0.1) is 9.79 Å². The van der Waals surface area contributed by atoms with Crippen molar-refractivity contribution >= 4 is 16.1 Å². The maximum absolute atomic E-state index is 12.2. The van der Waals surface area contributed by atoms with Gasteiger partial charge in [-0.25, -0.2) is 8.42 Å². The molecule has 0 fully saturated rings. The van der Waals surface area contributed by atoms with Crippen LogP contribution in [-0.2, 0) is 21.1 Å². The van der Waals surface area contributed by atoms with Crippen molar-refractivity contribution in [3.05, 3.63) is 60.2 Å². The number of benzene rings is 2. The Morgan fingerprint density at radius 3 is 1.94 bits per heavy atom. The zero-order valence-electron chi connectivity index (χ0n) is 9.61. The summed E-state index contributed by atoms with van der Waals surface area (Å²) in [4.78, 5) is 10.9. The van der Waals surface area contributed by atoms with Crippen LogP contribution in [0, 0.1) is 0 Å². The van der Waals surface area contributed by atoms with Crippen molar-refractivity contribution in [2.45, 2.75) is 16.2 Å². The molecule has 0 saturated carbocycles. The first-order valence-corrected chi connectivity index (χ1v) is 6.95. The van der Waals surface area contributed by atoms with Gasteiger partial charge in [0.2, 0.25) is 9.84 Å². The zero-order valence-corrected chi connectivity index (χ0v) is 10.4. The predicted molar refractivity (Wildman–Crippen MR) is 68.1 cm³/mol. The molecule has 92 valence electrons. The van der Waals surface area contributed by atoms with Gasteiger partial charge in [-0.15, -0.1) is 0 Å². The van der Waals surface area contributed by atoms with E-state index >= 15 is 0 Å². The average molecular weight is 260 g/mol. The molecule has 0 heterocycles. The van der Waals surface area contributed by atoms with Crippen LogP contribution in [0.2, 0.25) is 0 Å². The van der Waals surface area contributed by atoms with E-state index < -0.39 is 9.84 Å². The molecule has 0 N–H and O–H groups in total. The van der Waals surface area contributed by atoms with Crippen LogP contribution in [-0.4, -0.2) is 14.7 Å². The molecule has 2 aromatic rings. The molecule has 0 aromatic heterocycles. The highest BCUT2D eigenvalue weighted by Gasteiger charge is 2.16. The van der Waals surface area contributed by atoms with Gasteiger partial charge in [-0.05, 0) is 29.8 Å². The second-order valence-electron chi connectivity index (χ2n) is 3.83. The molecule has 4 heteroatoms. The van der Waals surface area contributed by atoms with Crippen LogP contribution in [0.3, 0.4) is 0 Å². The van der Waals surface area contributed by atoms with Gasteiger partial charge in [-0.3, -0.25) is 0 Å². The molecule has 0 spiro atoms. The minimum absolute atomic E-state index is 0.239. The van der Waals surface area contributed by atoms with Gasteiger partial charge in [-0.1, -0.05) is 30.3 Å². The van der Waals surface area contributed by atoms with Crippen LogP contribution < -0.4 is 0 Å². The summed E-state index contributed by atoms with van der Waals surface area (Å²) in [5.74, 6) is 0. The summed E-state index contributed by atoms with van der Waals surface area (Å²) >= 11 is 0. The van der Waals surface area contributed by atoms with Crippen molar-refractivity contribution in [3.8, 4) is 0 Å². The largest absolute Gasteiger partial charge is 0.303 e. The van der Waals surface area contributed by atoms with Gasteiger partial charge >= 0.3 is 0 Å². The smallest absolute Gasteiger partial charge is 0.206 e. The van der Waals surface area contributed by atoms with Gasteiger partial charge in [0.15, 0.2) is 0 Å². The molecule has 3 nitrogen and oxygen atoms in total. The number of carbonyl (C=O) groups is 1. The number of sulfone groups is 1. The van der Waals surface area contributed by atoms with E-state index in [4.69, 9.17) is 0 Å². The Balaban J connectivity index is 2.39. The van der Waals surface area contributed by atoms with Crippen LogP contribution in [0.15, 0.2) is 64.4 Å². The van der Waals surface area contributed by atoms with Crippen LogP contribution in [0.4, 0.5) is 0 Å². The maximum Gasteiger partial charge on any atom is 0.206 e. The lowest BCUT2D eigenvalue weighted by atomic mass is 10.2. The first-order valence-electron chi connectivity index (χ1n) is 5.47. The predicted octanol–water partition coefficient (Wildman–Crippen LogP) is 2.26. The van der Waals surface area contributed by atoms with E-state index in [1.54, 1.807) is 42.5 Å². The second-order valence-corrected chi connectivity index (χ2v) is 5.78. The van der Waals surface area contributed by atoms with E-state index in [0.717, 1.165) is 11.8 Å². The monoisotopic (exact) mass is 260 g/mol. The normalized spacial score (nSPS) is 11.1. The Morgan fingerprint density at radius 2 is 1.39 bits per heavy atom. The maximum atomic E-state index is 12.2. The fourth-order valence-electron chi connectivity index (χ4n) is 1.64. The van der Waals surface area contributed by atoms with E-state index in [-0.39, 0.29) is 9.79 Å². The van der Waals surface area contributed by atoms with E-state index in [0.29, 0.717) is 6.42 Å². The Kier molecular flexibility index (Phi) is 3.58. The summed E-state index contributed by atoms with van der Waals surface area (Å²) in [7, 11) is -3.46. The molecule has 0 amide bonds. The standard InChI is InChI=1S/C14H12O3S/c15-11-10-12-6-8-14(9-7-12)18(16,17)13-4-2-1-3-5-13/h1-9,11H,10H2. The SMILES string of the molecule is O=CCc1ccc(S(=O)(=O)c2ccccc2)cc1. The summed E-state index contributed by atoms with van der Waals surface area (Å²) in [6, 6.07) is 14.6.